The third kappa shape index (κ3) is 4.49. The van der Waals surface area contributed by atoms with Crippen molar-refractivity contribution in [2.75, 3.05) is 17.7 Å². The summed E-state index contributed by atoms with van der Waals surface area (Å²) in [6.45, 7) is 1.99. The molecule has 2 rings (SSSR count). The summed E-state index contributed by atoms with van der Waals surface area (Å²) in [7, 11) is 1.32. The summed E-state index contributed by atoms with van der Waals surface area (Å²) in [4.78, 5) is 12.8. The molecule has 122 valence electrons. The molecule has 0 aliphatic rings. The van der Waals surface area contributed by atoms with E-state index in [0.29, 0.717) is 15.0 Å². The van der Waals surface area contributed by atoms with Crippen LogP contribution in [0.2, 0.25) is 0 Å². The molecule has 0 amide bonds. The van der Waals surface area contributed by atoms with Gasteiger partial charge in [-0.15, -0.1) is 11.3 Å². The largest absolute Gasteiger partial charge is 0.465 e. The minimum Gasteiger partial charge on any atom is -0.465 e. The number of hydrogen-bond acceptors (Lipinski definition) is 4. The monoisotopic (exact) mass is 416 g/mol. The number of carbonyl (C=O) groups is 1. The van der Waals surface area contributed by atoms with Gasteiger partial charge in [0, 0.05) is 9.35 Å². The zero-order valence-corrected chi connectivity index (χ0v) is 15.6. The number of anilines is 2. The molecule has 2 N–H and O–H groups in total. The molecule has 4 nitrogen and oxygen atoms in total. The number of carbonyl (C=O) groups excluding carboxylic acids is 1. The number of methoxy groups -OCH3 is 1. The van der Waals surface area contributed by atoms with Gasteiger partial charge in [-0.2, -0.15) is 0 Å². The van der Waals surface area contributed by atoms with E-state index in [9.17, 15) is 9.18 Å². The zero-order valence-electron chi connectivity index (χ0n) is 12.4. The van der Waals surface area contributed by atoms with Crippen molar-refractivity contribution in [1.29, 1.82) is 0 Å². The maximum Gasteiger partial charge on any atom is 0.340 e. The van der Waals surface area contributed by atoms with Crippen LogP contribution >= 0.6 is 39.5 Å². The zero-order chi connectivity index (χ0) is 17.0. The second-order valence-electron chi connectivity index (χ2n) is 4.50. The normalized spacial score (nSPS) is 10.3. The van der Waals surface area contributed by atoms with Gasteiger partial charge in [0.15, 0.2) is 5.11 Å². The molecule has 8 heteroatoms. The van der Waals surface area contributed by atoms with Gasteiger partial charge in [-0.3, -0.25) is 0 Å². The molecule has 0 spiro atoms. The minimum absolute atomic E-state index is 0.195. The molecule has 2 aromatic rings. The van der Waals surface area contributed by atoms with Crippen molar-refractivity contribution < 1.29 is 13.9 Å². The minimum atomic E-state index is -0.443. The Hall–Kier alpha value is -1.51. The summed E-state index contributed by atoms with van der Waals surface area (Å²) < 4.78 is 19.2. The Morgan fingerprint density at radius 2 is 2.13 bits per heavy atom. The Balaban J connectivity index is 2.16. The second-order valence-corrected chi connectivity index (χ2v) is 6.96. The van der Waals surface area contributed by atoms with Crippen molar-refractivity contribution >= 4 is 61.3 Å². The first-order chi connectivity index (χ1) is 10.9. The van der Waals surface area contributed by atoms with E-state index in [-0.39, 0.29) is 10.8 Å². The average molecular weight is 417 g/mol. The van der Waals surface area contributed by atoms with Crippen molar-refractivity contribution in [1.82, 2.24) is 0 Å². The van der Waals surface area contributed by atoms with E-state index in [1.54, 1.807) is 18.2 Å². The van der Waals surface area contributed by atoms with Crippen LogP contribution in [0.3, 0.4) is 0 Å². The van der Waals surface area contributed by atoms with Gasteiger partial charge in [0.25, 0.3) is 0 Å². The van der Waals surface area contributed by atoms with Gasteiger partial charge >= 0.3 is 5.97 Å². The first kappa shape index (κ1) is 17.8. The Labute approximate surface area is 151 Å². The molecule has 0 aliphatic heterocycles. The van der Waals surface area contributed by atoms with E-state index >= 15 is 0 Å². The van der Waals surface area contributed by atoms with Gasteiger partial charge in [-0.25, -0.2) is 9.18 Å². The highest BCUT2D eigenvalue weighted by atomic mass is 79.9. The molecular formula is C15H14BrFN2O2S2. The number of halogens is 2. The number of nitrogens with one attached hydrogen (secondary N) is 2. The fraction of sp³-hybridized carbons (Fsp3) is 0.200. The number of rotatable bonds is 4. The summed E-state index contributed by atoms with van der Waals surface area (Å²) in [6, 6.07) is 6.38. The SMILES string of the molecule is CCc1cc(C(=O)OC)c(NC(=S)Nc2ccc(Br)cc2F)s1. The first-order valence-electron chi connectivity index (χ1n) is 6.68. The number of ether oxygens (including phenoxy) is 1. The highest BCUT2D eigenvalue weighted by Crippen LogP contribution is 2.29. The van der Waals surface area contributed by atoms with Crippen LogP contribution in [0.4, 0.5) is 15.1 Å². The smallest absolute Gasteiger partial charge is 0.340 e. The van der Waals surface area contributed by atoms with Gasteiger partial charge in [0.1, 0.15) is 10.8 Å². The molecule has 0 saturated carbocycles. The maximum atomic E-state index is 13.8. The van der Waals surface area contributed by atoms with E-state index in [1.165, 1.54) is 24.5 Å². The lowest BCUT2D eigenvalue weighted by Crippen LogP contribution is -2.20. The van der Waals surface area contributed by atoms with E-state index in [1.807, 2.05) is 6.92 Å². The first-order valence-corrected chi connectivity index (χ1v) is 8.70. The van der Waals surface area contributed by atoms with Gasteiger partial charge in [-0.1, -0.05) is 22.9 Å². The average Bonchev–Trinajstić information content (AvgIpc) is 2.92. The van der Waals surface area contributed by atoms with Gasteiger partial charge < -0.3 is 15.4 Å². The van der Waals surface area contributed by atoms with E-state index < -0.39 is 11.8 Å². The Bertz CT molecular complexity index is 749. The predicted octanol–water partition coefficient (Wildman–Crippen LogP) is 4.81. The molecule has 0 radical (unpaired) electrons. The molecular weight excluding hydrogens is 403 g/mol. The highest BCUT2D eigenvalue weighted by Gasteiger charge is 2.17. The summed E-state index contributed by atoms with van der Waals surface area (Å²) in [5, 5.41) is 6.47. The number of thiocarbonyl (C=S) groups is 1. The predicted molar refractivity (Wildman–Crippen MR) is 99.0 cm³/mol. The molecule has 0 bridgehead atoms. The number of aryl methyl sites for hydroxylation is 1. The lowest BCUT2D eigenvalue weighted by Gasteiger charge is -2.11. The molecule has 0 unspecified atom stereocenters. The number of benzene rings is 1. The molecule has 0 aliphatic carbocycles. The third-order valence-corrected chi connectivity index (χ3v) is 4.84. The Morgan fingerprint density at radius 1 is 1.39 bits per heavy atom. The van der Waals surface area contributed by atoms with Crippen LogP contribution in [0.1, 0.15) is 22.2 Å². The summed E-state index contributed by atoms with van der Waals surface area (Å²) >= 11 is 9.79. The van der Waals surface area contributed by atoms with Gasteiger partial charge in [-0.05, 0) is 42.9 Å². The van der Waals surface area contributed by atoms with Crippen LogP contribution in [-0.4, -0.2) is 18.2 Å². The van der Waals surface area contributed by atoms with Crippen molar-refractivity contribution in [3.63, 3.8) is 0 Å². The van der Waals surface area contributed by atoms with E-state index in [0.717, 1.165) is 11.3 Å². The van der Waals surface area contributed by atoms with Crippen LogP contribution in [0.5, 0.6) is 0 Å². The Kier molecular flexibility index (Phi) is 6.09. The molecule has 1 heterocycles. The highest BCUT2D eigenvalue weighted by molar-refractivity contribution is 9.10. The molecule has 0 atom stereocenters. The fourth-order valence-electron chi connectivity index (χ4n) is 1.82. The number of esters is 1. The molecule has 23 heavy (non-hydrogen) atoms. The van der Waals surface area contributed by atoms with Crippen molar-refractivity contribution in [3.05, 3.63) is 45.0 Å². The maximum absolute atomic E-state index is 13.8. The molecule has 0 saturated heterocycles. The Morgan fingerprint density at radius 3 is 2.74 bits per heavy atom. The summed E-state index contributed by atoms with van der Waals surface area (Å²) in [5.41, 5.74) is 0.660. The van der Waals surface area contributed by atoms with E-state index in [4.69, 9.17) is 17.0 Å². The number of hydrogen-bond donors (Lipinski definition) is 2. The number of thiophene rings is 1. The third-order valence-electron chi connectivity index (χ3n) is 2.94. The quantitative estimate of drug-likeness (QED) is 0.553. The van der Waals surface area contributed by atoms with Gasteiger partial charge in [0.2, 0.25) is 0 Å². The van der Waals surface area contributed by atoms with Crippen LogP contribution in [0, 0.1) is 5.82 Å². The molecule has 0 fully saturated rings. The van der Waals surface area contributed by atoms with Crippen LogP contribution < -0.4 is 10.6 Å². The van der Waals surface area contributed by atoms with Crippen molar-refractivity contribution in [2.24, 2.45) is 0 Å². The van der Waals surface area contributed by atoms with Crippen molar-refractivity contribution in [3.8, 4) is 0 Å². The fourth-order valence-corrected chi connectivity index (χ4v) is 3.42. The summed E-state index contributed by atoms with van der Waals surface area (Å²) in [6.07, 6.45) is 0.790. The summed E-state index contributed by atoms with van der Waals surface area (Å²) in [5.74, 6) is -0.877. The molecule has 1 aromatic carbocycles. The lowest BCUT2D eigenvalue weighted by atomic mass is 10.2. The van der Waals surface area contributed by atoms with Crippen LogP contribution in [0.15, 0.2) is 28.7 Å². The lowest BCUT2D eigenvalue weighted by molar-refractivity contribution is 0.0602. The van der Waals surface area contributed by atoms with Crippen LogP contribution in [0.25, 0.3) is 0 Å². The van der Waals surface area contributed by atoms with E-state index in [2.05, 4.69) is 26.6 Å². The topological polar surface area (TPSA) is 50.4 Å². The van der Waals surface area contributed by atoms with Gasteiger partial charge in [0.05, 0.1) is 18.4 Å². The standard InChI is InChI=1S/C15H14BrFN2O2S2/c1-3-9-7-10(14(20)21-2)13(23-9)19-15(22)18-12-5-4-8(16)6-11(12)17/h4-7H,3H2,1-2H3,(H2,18,19,22). The van der Waals surface area contributed by atoms with Crippen molar-refractivity contribution in [2.45, 2.75) is 13.3 Å². The van der Waals surface area contributed by atoms with Crippen LogP contribution in [-0.2, 0) is 11.2 Å². The second kappa shape index (κ2) is 7.85. The molecule has 1 aromatic heterocycles.